The molecule has 6 heteroatoms. The number of aliphatic carboxylic acids is 1. The zero-order chi connectivity index (χ0) is 13.1. The van der Waals surface area contributed by atoms with Crippen molar-refractivity contribution in [3.63, 3.8) is 0 Å². The Labute approximate surface area is 103 Å². The molecule has 0 spiro atoms. The Balaban J connectivity index is 2.16. The quantitative estimate of drug-likeness (QED) is 0.763. The number of hydrogen-bond acceptors (Lipinski definition) is 3. The number of carbonyl (C=O) groups is 3. The predicted molar refractivity (Wildman–Crippen MR) is 61.6 cm³/mol. The van der Waals surface area contributed by atoms with Gasteiger partial charge in [0, 0.05) is 6.54 Å². The minimum absolute atomic E-state index is 0.219. The van der Waals surface area contributed by atoms with E-state index in [4.69, 9.17) is 5.11 Å². The molecule has 1 aliphatic rings. The lowest BCUT2D eigenvalue weighted by Gasteiger charge is -2.20. The van der Waals surface area contributed by atoms with E-state index in [2.05, 4.69) is 5.32 Å². The van der Waals surface area contributed by atoms with Gasteiger partial charge in [0.05, 0.1) is 6.42 Å². The molecular weight excluding hydrogens is 236 g/mol. The summed E-state index contributed by atoms with van der Waals surface area (Å²) in [4.78, 5) is 35.0. The number of hydrogen-bond donors (Lipinski definition) is 2. The van der Waals surface area contributed by atoms with Crippen molar-refractivity contribution in [3.05, 3.63) is 35.9 Å². The van der Waals surface area contributed by atoms with Gasteiger partial charge in [-0.3, -0.25) is 14.9 Å². The van der Waals surface area contributed by atoms with Crippen LogP contribution in [0, 0.1) is 0 Å². The molecular formula is C12H12N2O4. The third-order valence-electron chi connectivity index (χ3n) is 2.73. The van der Waals surface area contributed by atoms with Gasteiger partial charge in [0.2, 0.25) is 0 Å². The van der Waals surface area contributed by atoms with E-state index in [1.807, 2.05) is 30.3 Å². The summed E-state index contributed by atoms with van der Waals surface area (Å²) in [6.07, 6.45) is -0.385. The van der Waals surface area contributed by atoms with Crippen LogP contribution in [0.1, 0.15) is 12.0 Å². The van der Waals surface area contributed by atoms with Gasteiger partial charge in [0.25, 0.3) is 5.91 Å². The zero-order valence-electron chi connectivity index (χ0n) is 9.50. The molecule has 0 aromatic heterocycles. The van der Waals surface area contributed by atoms with E-state index in [-0.39, 0.29) is 13.0 Å². The molecule has 3 amide bonds. The van der Waals surface area contributed by atoms with E-state index in [1.165, 1.54) is 4.90 Å². The lowest BCUT2D eigenvalue weighted by molar-refractivity contribution is -0.140. The highest BCUT2D eigenvalue weighted by Gasteiger charge is 2.39. The predicted octanol–water partition coefficient (Wildman–Crippen LogP) is 0.582. The van der Waals surface area contributed by atoms with Crippen molar-refractivity contribution < 1.29 is 19.5 Å². The molecule has 18 heavy (non-hydrogen) atoms. The van der Waals surface area contributed by atoms with Crippen molar-refractivity contribution in [2.24, 2.45) is 0 Å². The highest BCUT2D eigenvalue weighted by Crippen LogP contribution is 2.16. The summed E-state index contributed by atoms with van der Waals surface area (Å²) in [5.41, 5.74) is 0.845. The summed E-state index contributed by atoms with van der Waals surface area (Å²) in [5.74, 6) is -1.67. The van der Waals surface area contributed by atoms with Crippen LogP contribution in [0.25, 0.3) is 0 Å². The fourth-order valence-electron chi connectivity index (χ4n) is 1.87. The standard InChI is InChI=1S/C12H12N2O4/c15-10(16)6-9-11(17)13-12(18)14(9)7-8-4-2-1-3-5-8/h1-5,9H,6-7H2,(H,15,16)(H,13,17,18)/t9-/m0/s1. The first kappa shape index (κ1) is 12.1. The Morgan fingerprint density at radius 3 is 2.56 bits per heavy atom. The van der Waals surface area contributed by atoms with E-state index < -0.39 is 23.9 Å². The Morgan fingerprint density at radius 2 is 1.94 bits per heavy atom. The highest BCUT2D eigenvalue weighted by molar-refractivity contribution is 6.05. The van der Waals surface area contributed by atoms with E-state index in [1.54, 1.807) is 0 Å². The van der Waals surface area contributed by atoms with Gasteiger partial charge in [-0.25, -0.2) is 4.79 Å². The molecule has 1 aromatic carbocycles. The number of benzene rings is 1. The number of rotatable bonds is 4. The Bertz CT molecular complexity index is 486. The van der Waals surface area contributed by atoms with Crippen LogP contribution in [0.3, 0.4) is 0 Å². The second kappa shape index (κ2) is 4.87. The summed E-state index contributed by atoms with van der Waals surface area (Å²) in [5, 5.41) is 10.9. The lowest BCUT2D eigenvalue weighted by Crippen LogP contribution is -2.36. The number of nitrogens with one attached hydrogen (secondary N) is 1. The third-order valence-corrected chi connectivity index (χ3v) is 2.73. The topological polar surface area (TPSA) is 86.7 Å². The van der Waals surface area contributed by atoms with Gasteiger partial charge < -0.3 is 10.0 Å². The van der Waals surface area contributed by atoms with Crippen LogP contribution < -0.4 is 5.32 Å². The largest absolute Gasteiger partial charge is 0.481 e. The first-order valence-corrected chi connectivity index (χ1v) is 5.45. The monoisotopic (exact) mass is 248 g/mol. The minimum Gasteiger partial charge on any atom is -0.481 e. The van der Waals surface area contributed by atoms with Crippen molar-refractivity contribution >= 4 is 17.9 Å². The van der Waals surface area contributed by atoms with Crippen molar-refractivity contribution in [2.75, 3.05) is 0 Å². The fourth-order valence-corrected chi connectivity index (χ4v) is 1.87. The van der Waals surface area contributed by atoms with Crippen LogP contribution in [0.2, 0.25) is 0 Å². The average molecular weight is 248 g/mol. The van der Waals surface area contributed by atoms with Gasteiger partial charge in [0.15, 0.2) is 0 Å². The summed E-state index contributed by atoms with van der Waals surface area (Å²) in [7, 11) is 0. The van der Waals surface area contributed by atoms with Gasteiger partial charge >= 0.3 is 12.0 Å². The summed E-state index contributed by atoms with van der Waals surface area (Å²) in [6, 6.07) is 7.62. The molecule has 1 atom stereocenters. The van der Waals surface area contributed by atoms with Crippen molar-refractivity contribution in [1.29, 1.82) is 0 Å². The number of urea groups is 1. The molecule has 1 aromatic rings. The highest BCUT2D eigenvalue weighted by atomic mass is 16.4. The minimum atomic E-state index is -1.11. The molecule has 1 heterocycles. The molecule has 0 bridgehead atoms. The summed E-state index contributed by atoms with van der Waals surface area (Å²) < 4.78 is 0. The molecule has 0 saturated carbocycles. The zero-order valence-corrected chi connectivity index (χ0v) is 9.50. The Hall–Kier alpha value is -2.37. The molecule has 0 aliphatic carbocycles. The Morgan fingerprint density at radius 1 is 1.28 bits per heavy atom. The number of carbonyl (C=O) groups excluding carboxylic acids is 2. The fraction of sp³-hybridized carbons (Fsp3) is 0.250. The molecule has 94 valence electrons. The lowest BCUT2D eigenvalue weighted by atomic mass is 10.1. The van der Waals surface area contributed by atoms with Crippen molar-refractivity contribution in [3.8, 4) is 0 Å². The first-order chi connectivity index (χ1) is 8.58. The number of carboxylic acids is 1. The van der Waals surface area contributed by atoms with Crippen LogP contribution in [0.5, 0.6) is 0 Å². The normalized spacial score (nSPS) is 18.9. The van der Waals surface area contributed by atoms with Crippen LogP contribution in [-0.2, 0) is 16.1 Å². The van der Waals surface area contributed by atoms with Crippen molar-refractivity contribution in [1.82, 2.24) is 10.2 Å². The smallest absolute Gasteiger partial charge is 0.325 e. The van der Waals surface area contributed by atoms with Gasteiger partial charge in [-0.2, -0.15) is 0 Å². The molecule has 1 aliphatic heterocycles. The second-order valence-corrected chi connectivity index (χ2v) is 4.02. The van der Waals surface area contributed by atoms with E-state index in [0.717, 1.165) is 5.56 Å². The molecule has 0 radical (unpaired) electrons. The van der Waals surface area contributed by atoms with Crippen LogP contribution in [-0.4, -0.2) is 34.0 Å². The van der Waals surface area contributed by atoms with Gasteiger partial charge in [0.1, 0.15) is 6.04 Å². The number of amides is 3. The number of imide groups is 1. The summed E-state index contributed by atoms with van der Waals surface area (Å²) >= 11 is 0. The molecule has 1 saturated heterocycles. The third kappa shape index (κ3) is 2.48. The number of carboxylic acid groups (broad SMARTS) is 1. The van der Waals surface area contributed by atoms with E-state index in [9.17, 15) is 14.4 Å². The van der Waals surface area contributed by atoms with Crippen LogP contribution in [0.15, 0.2) is 30.3 Å². The molecule has 2 N–H and O–H groups in total. The second-order valence-electron chi connectivity index (χ2n) is 4.02. The van der Waals surface area contributed by atoms with Gasteiger partial charge in [-0.15, -0.1) is 0 Å². The maximum absolute atomic E-state index is 11.6. The SMILES string of the molecule is O=C(O)C[C@H]1C(=O)NC(=O)N1Cc1ccccc1. The molecule has 1 fully saturated rings. The van der Waals surface area contributed by atoms with Crippen LogP contribution >= 0.6 is 0 Å². The Kier molecular flexibility index (Phi) is 3.27. The van der Waals surface area contributed by atoms with Crippen molar-refractivity contribution in [2.45, 2.75) is 19.0 Å². The van der Waals surface area contributed by atoms with Gasteiger partial charge in [-0.1, -0.05) is 30.3 Å². The first-order valence-electron chi connectivity index (χ1n) is 5.45. The van der Waals surface area contributed by atoms with Gasteiger partial charge in [-0.05, 0) is 5.56 Å². The molecule has 2 rings (SSSR count). The maximum atomic E-state index is 11.6. The van der Waals surface area contributed by atoms with E-state index in [0.29, 0.717) is 0 Å². The van der Waals surface area contributed by atoms with E-state index >= 15 is 0 Å². The molecule has 6 nitrogen and oxygen atoms in total. The number of nitrogens with zero attached hydrogens (tertiary/aromatic N) is 1. The average Bonchev–Trinajstić information content (AvgIpc) is 2.57. The summed E-state index contributed by atoms with van der Waals surface area (Å²) in [6.45, 7) is 0.219. The van der Waals surface area contributed by atoms with Crippen LogP contribution in [0.4, 0.5) is 4.79 Å². The maximum Gasteiger partial charge on any atom is 0.325 e. The molecule has 0 unspecified atom stereocenters.